The SMILES string of the molecule is CCOC1CC(NC(=O)OC(C)(C)C)C1NCC1CCCCC1. The van der Waals surface area contributed by atoms with E-state index in [9.17, 15) is 4.79 Å². The minimum atomic E-state index is -0.460. The third-order valence-corrected chi connectivity index (χ3v) is 4.77. The minimum Gasteiger partial charge on any atom is -0.444 e. The summed E-state index contributed by atoms with van der Waals surface area (Å²) in [5.41, 5.74) is -0.460. The summed E-state index contributed by atoms with van der Waals surface area (Å²) in [5.74, 6) is 0.772. The molecule has 2 N–H and O–H groups in total. The fraction of sp³-hybridized carbons (Fsp3) is 0.944. The lowest BCUT2D eigenvalue weighted by Gasteiger charge is -2.45. The van der Waals surface area contributed by atoms with Crippen molar-refractivity contribution >= 4 is 6.09 Å². The Hall–Kier alpha value is -0.810. The first kappa shape index (κ1) is 18.5. The summed E-state index contributed by atoms with van der Waals surface area (Å²) in [6.07, 6.45) is 7.45. The van der Waals surface area contributed by atoms with E-state index in [4.69, 9.17) is 9.47 Å². The first-order valence-electron chi connectivity index (χ1n) is 9.23. The highest BCUT2D eigenvalue weighted by molar-refractivity contribution is 5.68. The Kier molecular flexibility index (Phi) is 6.72. The van der Waals surface area contributed by atoms with Gasteiger partial charge < -0.3 is 20.1 Å². The monoisotopic (exact) mass is 326 g/mol. The van der Waals surface area contributed by atoms with E-state index in [1.807, 2.05) is 27.7 Å². The van der Waals surface area contributed by atoms with E-state index < -0.39 is 5.60 Å². The van der Waals surface area contributed by atoms with Crippen LogP contribution in [0.25, 0.3) is 0 Å². The summed E-state index contributed by atoms with van der Waals surface area (Å²) >= 11 is 0. The summed E-state index contributed by atoms with van der Waals surface area (Å²) in [4.78, 5) is 12.0. The molecule has 0 heterocycles. The Morgan fingerprint density at radius 2 is 1.87 bits per heavy atom. The highest BCUT2D eigenvalue weighted by Crippen LogP contribution is 2.27. The van der Waals surface area contributed by atoms with Crippen LogP contribution in [-0.2, 0) is 9.47 Å². The number of carbonyl (C=O) groups excluding carboxylic acids is 1. The van der Waals surface area contributed by atoms with E-state index in [1.54, 1.807) is 0 Å². The van der Waals surface area contributed by atoms with Gasteiger partial charge in [-0.3, -0.25) is 0 Å². The van der Waals surface area contributed by atoms with E-state index in [1.165, 1.54) is 32.1 Å². The standard InChI is InChI=1S/C18H34N2O3/c1-5-22-15-11-14(20-17(21)23-18(2,3)4)16(15)19-12-13-9-7-6-8-10-13/h13-16,19H,5-12H2,1-4H3,(H,20,21). The molecule has 23 heavy (non-hydrogen) atoms. The van der Waals surface area contributed by atoms with Crippen molar-refractivity contribution in [1.82, 2.24) is 10.6 Å². The maximum absolute atomic E-state index is 12.0. The zero-order valence-corrected chi connectivity index (χ0v) is 15.2. The molecule has 0 aromatic heterocycles. The zero-order chi connectivity index (χ0) is 16.9. The third kappa shape index (κ3) is 5.96. The van der Waals surface area contributed by atoms with Crippen molar-refractivity contribution in [3.8, 4) is 0 Å². The fourth-order valence-corrected chi connectivity index (χ4v) is 3.57. The molecule has 0 radical (unpaired) electrons. The van der Waals surface area contributed by atoms with Gasteiger partial charge in [0, 0.05) is 6.61 Å². The number of hydrogen-bond donors (Lipinski definition) is 2. The molecule has 5 nitrogen and oxygen atoms in total. The van der Waals surface area contributed by atoms with E-state index >= 15 is 0 Å². The van der Waals surface area contributed by atoms with Crippen LogP contribution in [0.5, 0.6) is 0 Å². The molecular weight excluding hydrogens is 292 g/mol. The van der Waals surface area contributed by atoms with Crippen molar-refractivity contribution < 1.29 is 14.3 Å². The second-order valence-corrected chi connectivity index (χ2v) is 7.92. The van der Waals surface area contributed by atoms with Crippen LogP contribution in [-0.4, -0.2) is 43.0 Å². The molecule has 0 bridgehead atoms. The van der Waals surface area contributed by atoms with Crippen molar-refractivity contribution in [2.75, 3.05) is 13.2 Å². The summed E-state index contributed by atoms with van der Waals surface area (Å²) in [5, 5.41) is 6.64. The third-order valence-electron chi connectivity index (χ3n) is 4.77. The van der Waals surface area contributed by atoms with Crippen molar-refractivity contribution in [2.24, 2.45) is 5.92 Å². The fourth-order valence-electron chi connectivity index (χ4n) is 3.57. The van der Waals surface area contributed by atoms with Gasteiger partial charge in [0.25, 0.3) is 0 Å². The second-order valence-electron chi connectivity index (χ2n) is 7.92. The number of amides is 1. The van der Waals surface area contributed by atoms with Crippen LogP contribution in [0.15, 0.2) is 0 Å². The van der Waals surface area contributed by atoms with E-state index in [2.05, 4.69) is 10.6 Å². The highest BCUT2D eigenvalue weighted by atomic mass is 16.6. The number of hydrogen-bond acceptors (Lipinski definition) is 4. The van der Waals surface area contributed by atoms with E-state index in [0.717, 1.165) is 18.9 Å². The zero-order valence-electron chi connectivity index (χ0n) is 15.2. The summed E-state index contributed by atoms with van der Waals surface area (Å²) in [6, 6.07) is 0.300. The van der Waals surface area contributed by atoms with Crippen molar-refractivity contribution in [3.05, 3.63) is 0 Å². The van der Waals surface area contributed by atoms with Crippen LogP contribution in [0.4, 0.5) is 4.79 Å². The molecule has 0 aromatic carbocycles. The molecule has 1 amide bonds. The number of carbonyl (C=O) groups is 1. The molecule has 5 heteroatoms. The molecule has 2 aliphatic rings. The van der Waals surface area contributed by atoms with Gasteiger partial charge in [-0.25, -0.2) is 4.79 Å². The molecule has 134 valence electrons. The molecule has 0 saturated heterocycles. The van der Waals surface area contributed by atoms with Gasteiger partial charge >= 0.3 is 6.09 Å². The molecule has 0 aromatic rings. The lowest BCUT2D eigenvalue weighted by molar-refractivity contribution is -0.0444. The van der Waals surface area contributed by atoms with Crippen LogP contribution in [0.1, 0.15) is 66.2 Å². The number of rotatable bonds is 6. The molecule has 3 unspecified atom stereocenters. The van der Waals surface area contributed by atoms with Crippen molar-refractivity contribution in [2.45, 2.75) is 90.0 Å². The maximum Gasteiger partial charge on any atom is 0.407 e. The van der Waals surface area contributed by atoms with Gasteiger partial charge in [0.05, 0.1) is 18.2 Å². The van der Waals surface area contributed by atoms with Gasteiger partial charge in [0.1, 0.15) is 5.60 Å². The van der Waals surface area contributed by atoms with Gasteiger partial charge in [0.15, 0.2) is 0 Å². The molecule has 2 rings (SSSR count). The molecule has 0 aliphatic heterocycles. The Morgan fingerprint density at radius 3 is 2.48 bits per heavy atom. The molecule has 2 fully saturated rings. The first-order chi connectivity index (χ1) is 10.9. The summed E-state index contributed by atoms with van der Waals surface area (Å²) in [6.45, 7) is 9.42. The van der Waals surface area contributed by atoms with Gasteiger partial charge in [-0.15, -0.1) is 0 Å². The van der Waals surface area contributed by atoms with Crippen LogP contribution in [0.2, 0.25) is 0 Å². The number of ether oxygens (including phenoxy) is 2. The lowest BCUT2D eigenvalue weighted by atomic mass is 9.81. The second kappa shape index (κ2) is 8.34. The van der Waals surface area contributed by atoms with Crippen LogP contribution in [0.3, 0.4) is 0 Å². The van der Waals surface area contributed by atoms with Crippen molar-refractivity contribution in [3.63, 3.8) is 0 Å². The van der Waals surface area contributed by atoms with Gasteiger partial charge in [0.2, 0.25) is 0 Å². The minimum absolute atomic E-state index is 0.102. The van der Waals surface area contributed by atoms with Crippen LogP contribution < -0.4 is 10.6 Å². The highest BCUT2D eigenvalue weighted by Gasteiger charge is 2.43. The quantitative estimate of drug-likeness (QED) is 0.787. The molecule has 3 atom stereocenters. The topological polar surface area (TPSA) is 59.6 Å². The predicted molar refractivity (Wildman–Crippen MR) is 91.6 cm³/mol. The number of alkyl carbamates (subject to hydrolysis) is 1. The average Bonchev–Trinajstić information content (AvgIpc) is 2.45. The molecule has 2 aliphatic carbocycles. The summed E-state index contributed by atoms with van der Waals surface area (Å²) < 4.78 is 11.2. The van der Waals surface area contributed by atoms with Gasteiger partial charge in [-0.2, -0.15) is 0 Å². The van der Waals surface area contributed by atoms with Crippen molar-refractivity contribution in [1.29, 1.82) is 0 Å². The van der Waals surface area contributed by atoms with E-state index in [0.29, 0.717) is 6.61 Å². The van der Waals surface area contributed by atoms with Gasteiger partial charge in [-0.05, 0) is 59.4 Å². The maximum atomic E-state index is 12.0. The lowest BCUT2D eigenvalue weighted by Crippen LogP contribution is -2.66. The largest absolute Gasteiger partial charge is 0.444 e. The molecule has 0 spiro atoms. The van der Waals surface area contributed by atoms with Gasteiger partial charge in [-0.1, -0.05) is 19.3 Å². The molecule has 2 saturated carbocycles. The molecular formula is C18H34N2O3. The smallest absolute Gasteiger partial charge is 0.407 e. The van der Waals surface area contributed by atoms with E-state index in [-0.39, 0.29) is 24.3 Å². The Bertz CT molecular complexity index is 375. The Morgan fingerprint density at radius 1 is 1.17 bits per heavy atom. The summed E-state index contributed by atoms with van der Waals surface area (Å²) in [7, 11) is 0. The van der Waals surface area contributed by atoms with Crippen LogP contribution in [0, 0.1) is 5.92 Å². The van der Waals surface area contributed by atoms with Crippen LogP contribution >= 0.6 is 0 Å². The predicted octanol–water partition coefficient (Wildman–Crippen LogP) is 3.23. The number of nitrogens with one attached hydrogen (secondary N) is 2. The average molecular weight is 326 g/mol. The Balaban J connectivity index is 1.80. The first-order valence-corrected chi connectivity index (χ1v) is 9.23. The Labute approximate surface area is 140 Å². The normalized spacial score (nSPS) is 29.0.